The highest BCUT2D eigenvalue weighted by Crippen LogP contribution is 2.40. The minimum Gasteiger partial charge on any atom is -0.425 e. The predicted octanol–water partition coefficient (Wildman–Crippen LogP) is 3.34. The number of amides is 1. The third-order valence-electron chi connectivity index (χ3n) is 4.46. The lowest BCUT2D eigenvalue weighted by atomic mass is 9.97. The largest absolute Gasteiger partial charge is 0.425 e. The van der Waals surface area contributed by atoms with Gasteiger partial charge >= 0.3 is 0 Å². The van der Waals surface area contributed by atoms with Crippen LogP contribution in [0.3, 0.4) is 0 Å². The Balaban J connectivity index is 1.38. The van der Waals surface area contributed by atoms with Crippen LogP contribution in [0.4, 0.5) is 0 Å². The molecule has 5 nitrogen and oxygen atoms in total. The molecule has 1 saturated carbocycles. The van der Waals surface area contributed by atoms with Crippen LogP contribution < -0.4 is 0 Å². The van der Waals surface area contributed by atoms with Crippen molar-refractivity contribution in [2.45, 2.75) is 44.4 Å². The average Bonchev–Trinajstić information content (AvgIpc) is 3.11. The van der Waals surface area contributed by atoms with E-state index in [1.165, 1.54) is 24.2 Å². The lowest BCUT2D eigenvalue weighted by Crippen LogP contribution is -2.37. The van der Waals surface area contributed by atoms with E-state index in [4.69, 9.17) is 4.42 Å². The maximum atomic E-state index is 12.4. The number of nitrogens with zero attached hydrogens (tertiary/aromatic N) is 3. The molecular weight excluding hydrogens is 298 g/mol. The number of likely N-dealkylation sites (tertiary alicyclic amines) is 1. The third-order valence-corrected chi connectivity index (χ3v) is 5.49. The number of hydrogen-bond acceptors (Lipinski definition) is 5. The molecule has 2 aromatic heterocycles. The fourth-order valence-corrected chi connectivity index (χ4v) is 3.80. The second-order valence-electron chi connectivity index (χ2n) is 6.31. The standard InChI is InChI=1S/C16H19N3O2S/c1-10-8-13(22-9-10)16(20)19-6-4-12(5-7-19)15-18-17-14(21-15)11-2-3-11/h8-9,11-12H,2-7H2,1H3. The van der Waals surface area contributed by atoms with Crippen molar-refractivity contribution in [3.8, 4) is 0 Å². The molecule has 2 fully saturated rings. The van der Waals surface area contributed by atoms with Crippen LogP contribution in [0.5, 0.6) is 0 Å². The van der Waals surface area contributed by atoms with Crippen LogP contribution in [0.1, 0.15) is 64.5 Å². The van der Waals surface area contributed by atoms with Gasteiger partial charge in [0, 0.05) is 24.9 Å². The predicted molar refractivity (Wildman–Crippen MR) is 83.2 cm³/mol. The number of rotatable bonds is 3. The normalized spacial score (nSPS) is 19.6. The molecule has 22 heavy (non-hydrogen) atoms. The Hall–Kier alpha value is -1.69. The zero-order valence-corrected chi connectivity index (χ0v) is 13.4. The maximum absolute atomic E-state index is 12.4. The van der Waals surface area contributed by atoms with E-state index in [0.717, 1.165) is 48.2 Å². The Labute approximate surface area is 133 Å². The molecule has 0 radical (unpaired) electrons. The number of aryl methyl sites for hydroxylation is 1. The summed E-state index contributed by atoms with van der Waals surface area (Å²) in [6, 6.07) is 1.97. The first-order chi connectivity index (χ1) is 10.7. The maximum Gasteiger partial charge on any atom is 0.263 e. The molecule has 1 amide bonds. The Morgan fingerprint density at radius 3 is 2.36 bits per heavy atom. The van der Waals surface area contributed by atoms with Gasteiger partial charge in [-0.3, -0.25) is 4.79 Å². The second kappa shape index (κ2) is 5.50. The van der Waals surface area contributed by atoms with Crippen LogP contribution in [0, 0.1) is 6.92 Å². The molecule has 2 aromatic rings. The molecular formula is C16H19N3O2S. The monoisotopic (exact) mass is 317 g/mol. The summed E-state index contributed by atoms with van der Waals surface area (Å²) < 4.78 is 5.81. The number of aromatic nitrogens is 2. The van der Waals surface area contributed by atoms with Gasteiger partial charge in [0.25, 0.3) is 5.91 Å². The summed E-state index contributed by atoms with van der Waals surface area (Å²) in [6.45, 7) is 3.55. The molecule has 0 bridgehead atoms. The highest BCUT2D eigenvalue weighted by atomic mass is 32.1. The molecule has 116 valence electrons. The molecule has 3 heterocycles. The number of carbonyl (C=O) groups excluding carboxylic acids is 1. The van der Waals surface area contributed by atoms with Crippen molar-refractivity contribution in [2.75, 3.05) is 13.1 Å². The zero-order chi connectivity index (χ0) is 15.1. The van der Waals surface area contributed by atoms with Gasteiger partial charge in [0.1, 0.15) is 0 Å². The molecule has 6 heteroatoms. The highest BCUT2D eigenvalue weighted by molar-refractivity contribution is 7.12. The van der Waals surface area contributed by atoms with Gasteiger partial charge in [-0.1, -0.05) is 0 Å². The number of carbonyl (C=O) groups is 1. The molecule has 0 spiro atoms. The lowest BCUT2D eigenvalue weighted by molar-refractivity contribution is 0.0711. The van der Waals surface area contributed by atoms with Crippen molar-refractivity contribution in [3.05, 3.63) is 33.7 Å². The summed E-state index contributed by atoms with van der Waals surface area (Å²) in [6.07, 6.45) is 4.16. The van der Waals surface area contributed by atoms with Crippen LogP contribution in [0.15, 0.2) is 15.9 Å². The van der Waals surface area contributed by atoms with Crippen molar-refractivity contribution in [1.82, 2.24) is 15.1 Å². The zero-order valence-electron chi connectivity index (χ0n) is 12.6. The summed E-state index contributed by atoms with van der Waals surface area (Å²) in [5, 5.41) is 10.4. The second-order valence-corrected chi connectivity index (χ2v) is 7.22. The summed E-state index contributed by atoms with van der Waals surface area (Å²) in [5.41, 5.74) is 1.15. The van der Waals surface area contributed by atoms with Crippen molar-refractivity contribution in [1.29, 1.82) is 0 Å². The molecule has 4 rings (SSSR count). The SMILES string of the molecule is Cc1csc(C(=O)N2CCC(c3nnc(C4CC4)o3)CC2)c1. The average molecular weight is 317 g/mol. The molecule has 0 unspecified atom stereocenters. The van der Waals surface area contributed by atoms with Gasteiger partial charge in [-0.2, -0.15) is 0 Å². The van der Waals surface area contributed by atoms with Crippen LogP contribution in [-0.2, 0) is 0 Å². The van der Waals surface area contributed by atoms with E-state index in [9.17, 15) is 4.79 Å². The van der Waals surface area contributed by atoms with Crippen LogP contribution >= 0.6 is 11.3 Å². The quantitative estimate of drug-likeness (QED) is 0.871. The van der Waals surface area contributed by atoms with Crippen LogP contribution in [0.2, 0.25) is 0 Å². The topological polar surface area (TPSA) is 59.2 Å². The van der Waals surface area contributed by atoms with Gasteiger partial charge in [0.15, 0.2) is 0 Å². The number of thiophene rings is 1. The summed E-state index contributed by atoms with van der Waals surface area (Å²) in [7, 11) is 0. The molecule has 1 aliphatic carbocycles. The highest BCUT2D eigenvalue weighted by Gasteiger charge is 2.32. The first-order valence-electron chi connectivity index (χ1n) is 7.88. The fourth-order valence-electron chi connectivity index (χ4n) is 2.94. The van der Waals surface area contributed by atoms with Gasteiger partial charge in [-0.05, 0) is 49.6 Å². The van der Waals surface area contributed by atoms with Gasteiger partial charge < -0.3 is 9.32 Å². The Morgan fingerprint density at radius 1 is 1.18 bits per heavy atom. The van der Waals surface area contributed by atoms with E-state index in [0.29, 0.717) is 11.8 Å². The Bertz CT molecular complexity index is 681. The van der Waals surface area contributed by atoms with Crippen molar-refractivity contribution in [2.24, 2.45) is 0 Å². The van der Waals surface area contributed by atoms with E-state index in [1.807, 2.05) is 23.3 Å². The van der Waals surface area contributed by atoms with E-state index in [-0.39, 0.29) is 5.91 Å². The first kappa shape index (κ1) is 13.9. The van der Waals surface area contributed by atoms with Crippen molar-refractivity contribution in [3.63, 3.8) is 0 Å². The smallest absolute Gasteiger partial charge is 0.263 e. The fraction of sp³-hybridized carbons (Fsp3) is 0.562. The third kappa shape index (κ3) is 2.67. The van der Waals surface area contributed by atoms with Crippen molar-refractivity contribution >= 4 is 17.2 Å². The lowest BCUT2D eigenvalue weighted by Gasteiger charge is -2.30. The van der Waals surface area contributed by atoms with Gasteiger partial charge in [-0.15, -0.1) is 21.5 Å². The van der Waals surface area contributed by atoms with E-state index in [1.54, 1.807) is 0 Å². The minimum absolute atomic E-state index is 0.153. The van der Waals surface area contributed by atoms with Gasteiger partial charge in [0.05, 0.1) is 4.88 Å². The van der Waals surface area contributed by atoms with Gasteiger partial charge in [0.2, 0.25) is 11.8 Å². The molecule has 1 saturated heterocycles. The molecule has 0 N–H and O–H groups in total. The summed E-state index contributed by atoms with van der Waals surface area (Å²) in [5.74, 6) is 2.53. The van der Waals surface area contributed by atoms with E-state index in [2.05, 4.69) is 10.2 Å². The van der Waals surface area contributed by atoms with E-state index < -0.39 is 0 Å². The van der Waals surface area contributed by atoms with Crippen LogP contribution in [0.25, 0.3) is 0 Å². The summed E-state index contributed by atoms with van der Waals surface area (Å²) >= 11 is 1.53. The van der Waals surface area contributed by atoms with Crippen LogP contribution in [-0.4, -0.2) is 34.1 Å². The molecule has 0 aromatic carbocycles. The van der Waals surface area contributed by atoms with Gasteiger partial charge in [-0.25, -0.2) is 0 Å². The first-order valence-corrected chi connectivity index (χ1v) is 8.76. The van der Waals surface area contributed by atoms with E-state index >= 15 is 0 Å². The van der Waals surface area contributed by atoms with Crippen molar-refractivity contribution < 1.29 is 9.21 Å². The molecule has 2 aliphatic rings. The Kier molecular flexibility index (Phi) is 3.48. The minimum atomic E-state index is 0.153. The molecule has 0 atom stereocenters. The number of piperidine rings is 1. The summed E-state index contributed by atoms with van der Waals surface area (Å²) in [4.78, 5) is 15.2. The molecule has 1 aliphatic heterocycles. The number of hydrogen-bond donors (Lipinski definition) is 0. The Morgan fingerprint density at radius 2 is 1.82 bits per heavy atom.